The van der Waals surface area contributed by atoms with Crippen molar-refractivity contribution in [2.24, 2.45) is 0 Å². The Kier molecular flexibility index (Phi) is 4.26. The molecule has 0 N–H and O–H groups in total. The average Bonchev–Trinajstić information content (AvgIpc) is 3.28. The zero-order chi connectivity index (χ0) is 18.3. The number of hydrogen-bond donors (Lipinski definition) is 0. The zero-order valence-electron chi connectivity index (χ0n) is 15.3. The highest BCUT2D eigenvalue weighted by atomic mass is 32.1. The van der Waals surface area contributed by atoms with Crippen LogP contribution in [0.4, 0.5) is 0 Å². The Morgan fingerprint density at radius 2 is 1.96 bits per heavy atom. The molecular weight excluding hydrogens is 346 g/mol. The molecule has 1 fully saturated rings. The average molecular weight is 369 g/mol. The van der Waals surface area contributed by atoms with Gasteiger partial charge in [-0.2, -0.15) is 0 Å². The number of pyridine rings is 1. The summed E-state index contributed by atoms with van der Waals surface area (Å²) in [5.74, 6) is 1.44. The molecule has 7 heteroatoms. The normalized spacial score (nSPS) is 16.3. The number of fused-ring (bicyclic) bond motifs is 1. The lowest BCUT2D eigenvalue weighted by molar-refractivity contribution is 0.0715. The SMILES string of the molecule is CC(C)(C)c1ncc(C(=O)N2CCC(c3nnc4ccccn34)CC2)s1. The zero-order valence-corrected chi connectivity index (χ0v) is 16.2. The Bertz CT molecular complexity index is 931. The number of carbonyl (C=O) groups is 1. The van der Waals surface area contributed by atoms with Gasteiger partial charge >= 0.3 is 0 Å². The maximum absolute atomic E-state index is 12.8. The van der Waals surface area contributed by atoms with Crippen molar-refractivity contribution in [1.29, 1.82) is 0 Å². The Balaban J connectivity index is 1.45. The van der Waals surface area contributed by atoms with Crippen LogP contribution < -0.4 is 0 Å². The lowest BCUT2D eigenvalue weighted by Crippen LogP contribution is -2.37. The van der Waals surface area contributed by atoms with Crippen molar-refractivity contribution < 1.29 is 4.79 Å². The highest BCUT2D eigenvalue weighted by molar-refractivity contribution is 7.13. The van der Waals surface area contributed by atoms with Gasteiger partial charge in [-0.3, -0.25) is 9.20 Å². The van der Waals surface area contributed by atoms with Gasteiger partial charge in [0.25, 0.3) is 5.91 Å². The first-order valence-corrected chi connectivity index (χ1v) is 9.80. The minimum Gasteiger partial charge on any atom is -0.338 e. The summed E-state index contributed by atoms with van der Waals surface area (Å²) in [7, 11) is 0. The number of thiazole rings is 1. The molecule has 1 aliphatic heterocycles. The molecule has 0 saturated carbocycles. The number of aromatic nitrogens is 4. The number of nitrogens with zero attached hydrogens (tertiary/aromatic N) is 5. The van der Waals surface area contributed by atoms with E-state index in [1.165, 1.54) is 11.3 Å². The molecular formula is C19H23N5OS. The van der Waals surface area contributed by atoms with Crippen molar-refractivity contribution in [3.63, 3.8) is 0 Å². The monoisotopic (exact) mass is 369 g/mol. The van der Waals surface area contributed by atoms with Crippen molar-refractivity contribution in [2.45, 2.75) is 44.9 Å². The molecule has 0 atom stereocenters. The summed E-state index contributed by atoms with van der Waals surface area (Å²) in [6.45, 7) is 7.85. The van der Waals surface area contributed by atoms with E-state index < -0.39 is 0 Å². The third-order valence-electron chi connectivity index (χ3n) is 4.85. The van der Waals surface area contributed by atoms with Crippen LogP contribution in [0.2, 0.25) is 0 Å². The van der Waals surface area contributed by atoms with E-state index in [1.54, 1.807) is 6.20 Å². The fourth-order valence-corrected chi connectivity index (χ4v) is 4.30. The molecule has 4 heterocycles. The highest BCUT2D eigenvalue weighted by Gasteiger charge is 2.29. The number of piperidine rings is 1. The standard InChI is InChI=1S/C19H23N5OS/c1-19(2,3)18-20-12-14(26-18)17(25)23-10-7-13(8-11-23)16-22-21-15-6-4-5-9-24(15)16/h4-6,9,12-13H,7-8,10-11H2,1-3H3. The predicted octanol–water partition coefficient (Wildman–Crippen LogP) is 3.50. The van der Waals surface area contributed by atoms with E-state index in [9.17, 15) is 4.79 Å². The largest absolute Gasteiger partial charge is 0.338 e. The van der Waals surface area contributed by atoms with Gasteiger partial charge in [-0.25, -0.2) is 4.98 Å². The van der Waals surface area contributed by atoms with Gasteiger partial charge in [-0.05, 0) is 25.0 Å². The van der Waals surface area contributed by atoms with Crippen LogP contribution in [-0.4, -0.2) is 43.5 Å². The summed E-state index contributed by atoms with van der Waals surface area (Å²) in [4.78, 5) is 19.9. The second-order valence-electron chi connectivity index (χ2n) is 7.83. The molecule has 1 saturated heterocycles. The van der Waals surface area contributed by atoms with Gasteiger partial charge in [0.05, 0.1) is 11.2 Å². The number of rotatable bonds is 2. The molecule has 3 aromatic heterocycles. The van der Waals surface area contributed by atoms with Gasteiger partial charge < -0.3 is 4.90 Å². The van der Waals surface area contributed by atoms with Gasteiger partial charge in [0.2, 0.25) is 0 Å². The van der Waals surface area contributed by atoms with Crippen LogP contribution in [0, 0.1) is 0 Å². The molecule has 0 spiro atoms. The topological polar surface area (TPSA) is 63.4 Å². The molecule has 0 radical (unpaired) electrons. The lowest BCUT2D eigenvalue weighted by Gasteiger charge is -2.30. The first kappa shape index (κ1) is 17.1. The number of amides is 1. The van der Waals surface area contributed by atoms with Gasteiger partial charge in [0.1, 0.15) is 10.7 Å². The Hall–Kier alpha value is -2.28. The quantitative estimate of drug-likeness (QED) is 0.693. The molecule has 1 amide bonds. The first-order chi connectivity index (χ1) is 12.4. The Labute approximate surface area is 156 Å². The van der Waals surface area contributed by atoms with Crippen molar-refractivity contribution in [3.05, 3.63) is 46.3 Å². The van der Waals surface area contributed by atoms with Crippen LogP contribution >= 0.6 is 11.3 Å². The molecule has 3 aromatic rings. The lowest BCUT2D eigenvalue weighted by atomic mass is 9.96. The summed E-state index contributed by atoms with van der Waals surface area (Å²) in [6, 6.07) is 5.93. The second-order valence-corrected chi connectivity index (χ2v) is 8.86. The molecule has 1 aliphatic rings. The van der Waals surface area contributed by atoms with E-state index in [-0.39, 0.29) is 11.3 Å². The number of likely N-dealkylation sites (tertiary alicyclic amines) is 1. The maximum atomic E-state index is 12.8. The molecule has 0 aromatic carbocycles. The molecule has 4 rings (SSSR count). The third kappa shape index (κ3) is 3.11. The molecule has 0 aliphatic carbocycles. The smallest absolute Gasteiger partial charge is 0.265 e. The minimum absolute atomic E-state index is 0.0229. The van der Waals surface area contributed by atoms with Gasteiger partial charge in [-0.1, -0.05) is 26.8 Å². The second kappa shape index (κ2) is 6.46. The van der Waals surface area contributed by atoms with E-state index in [2.05, 4.69) is 40.4 Å². The van der Waals surface area contributed by atoms with E-state index in [0.717, 1.165) is 47.3 Å². The van der Waals surface area contributed by atoms with Crippen molar-refractivity contribution >= 4 is 22.9 Å². The summed E-state index contributed by atoms with van der Waals surface area (Å²) in [5.41, 5.74) is 0.852. The highest BCUT2D eigenvalue weighted by Crippen LogP contribution is 2.30. The fraction of sp³-hybridized carbons (Fsp3) is 0.474. The van der Waals surface area contributed by atoms with Gasteiger partial charge in [0.15, 0.2) is 5.65 Å². The van der Waals surface area contributed by atoms with Crippen molar-refractivity contribution in [3.8, 4) is 0 Å². The molecule has 0 bridgehead atoms. The van der Waals surface area contributed by atoms with Crippen molar-refractivity contribution in [1.82, 2.24) is 24.5 Å². The number of hydrogen-bond acceptors (Lipinski definition) is 5. The number of carbonyl (C=O) groups excluding carboxylic acids is 1. The summed E-state index contributed by atoms with van der Waals surface area (Å²) in [6.07, 6.45) is 5.55. The van der Waals surface area contributed by atoms with E-state index >= 15 is 0 Å². The van der Waals surface area contributed by atoms with Crippen LogP contribution in [0.3, 0.4) is 0 Å². The minimum atomic E-state index is -0.0229. The summed E-state index contributed by atoms with van der Waals surface area (Å²) < 4.78 is 2.06. The third-order valence-corrected chi connectivity index (χ3v) is 6.26. The van der Waals surface area contributed by atoms with Crippen LogP contribution in [-0.2, 0) is 5.41 Å². The van der Waals surface area contributed by atoms with Gasteiger partial charge in [0, 0.05) is 30.6 Å². The Morgan fingerprint density at radius 1 is 1.19 bits per heavy atom. The maximum Gasteiger partial charge on any atom is 0.265 e. The van der Waals surface area contributed by atoms with Crippen LogP contribution in [0.1, 0.15) is 60.0 Å². The van der Waals surface area contributed by atoms with E-state index in [4.69, 9.17) is 0 Å². The van der Waals surface area contributed by atoms with Crippen molar-refractivity contribution in [2.75, 3.05) is 13.1 Å². The fourth-order valence-electron chi connectivity index (χ4n) is 3.35. The van der Waals surface area contributed by atoms with E-state index in [0.29, 0.717) is 5.92 Å². The van der Waals surface area contributed by atoms with E-state index in [1.807, 2.05) is 29.3 Å². The summed E-state index contributed by atoms with van der Waals surface area (Å²) >= 11 is 1.51. The van der Waals surface area contributed by atoms with Crippen LogP contribution in [0.15, 0.2) is 30.6 Å². The summed E-state index contributed by atoms with van der Waals surface area (Å²) in [5, 5.41) is 9.63. The van der Waals surface area contributed by atoms with Gasteiger partial charge in [-0.15, -0.1) is 21.5 Å². The first-order valence-electron chi connectivity index (χ1n) is 8.99. The molecule has 136 valence electrons. The predicted molar refractivity (Wildman–Crippen MR) is 102 cm³/mol. The Morgan fingerprint density at radius 3 is 2.65 bits per heavy atom. The van der Waals surface area contributed by atoms with Crippen LogP contribution in [0.25, 0.3) is 5.65 Å². The van der Waals surface area contributed by atoms with Crippen LogP contribution in [0.5, 0.6) is 0 Å². The molecule has 6 nitrogen and oxygen atoms in total. The molecule has 0 unspecified atom stereocenters. The molecule has 26 heavy (non-hydrogen) atoms.